The number of fused-ring (bicyclic) bond motifs is 1. The Hall–Kier alpha value is -0.770. The van der Waals surface area contributed by atoms with E-state index in [1.54, 1.807) is 0 Å². The standard InChI is InChI=1S/C10H15N3.ClH/c11-8-4-5-9-7(6-8)2-1-3-10(9)13-12;/h1-3,8,13H,4-6,11-12H2;1H. The molecule has 2 rings (SSSR count). The van der Waals surface area contributed by atoms with Crippen molar-refractivity contribution in [1.82, 2.24) is 0 Å². The van der Waals surface area contributed by atoms with Crippen molar-refractivity contribution in [3.8, 4) is 0 Å². The lowest BCUT2D eigenvalue weighted by Gasteiger charge is -2.23. The van der Waals surface area contributed by atoms with Crippen LogP contribution in [0.5, 0.6) is 0 Å². The molecule has 0 saturated heterocycles. The van der Waals surface area contributed by atoms with Crippen LogP contribution in [0.1, 0.15) is 17.5 Å². The minimum atomic E-state index is 0. The predicted octanol–water partition coefficient (Wildman–Crippen LogP) is 1.21. The minimum Gasteiger partial charge on any atom is -0.327 e. The monoisotopic (exact) mass is 213 g/mol. The summed E-state index contributed by atoms with van der Waals surface area (Å²) in [5.41, 5.74) is 12.3. The van der Waals surface area contributed by atoms with Crippen molar-refractivity contribution in [1.29, 1.82) is 0 Å². The van der Waals surface area contributed by atoms with E-state index in [1.807, 2.05) is 12.1 Å². The zero-order chi connectivity index (χ0) is 9.26. The molecule has 1 aliphatic carbocycles. The van der Waals surface area contributed by atoms with Crippen LogP contribution in [0.3, 0.4) is 0 Å². The molecule has 0 saturated carbocycles. The van der Waals surface area contributed by atoms with E-state index in [0.717, 1.165) is 24.9 Å². The summed E-state index contributed by atoms with van der Waals surface area (Å²) >= 11 is 0. The summed E-state index contributed by atoms with van der Waals surface area (Å²) in [5.74, 6) is 5.43. The van der Waals surface area contributed by atoms with Crippen molar-refractivity contribution >= 4 is 18.1 Å². The maximum Gasteiger partial charge on any atom is 0.0519 e. The molecule has 14 heavy (non-hydrogen) atoms. The summed E-state index contributed by atoms with van der Waals surface area (Å²) < 4.78 is 0. The van der Waals surface area contributed by atoms with E-state index in [1.165, 1.54) is 11.1 Å². The molecule has 1 atom stereocenters. The predicted molar refractivity (Wildman–Crippen MR) is 61.5 cm³/mol. The first-order valence-corrected chi connectivity index (χ1v) is 4.64. The number of hydrogen-bond donors (Lipinski definition) is 3. The van der Waals surface area contributed by atoms with Gasteiger partial charge in [0.1, 0.15) is 0 Å². The van der Waals surface area contributed by atoms with Crippen molar-refractivity contribution in [3.05, 3.63) is 29.3 Å². The molecule has 0 aromatic heterocycles. The van der Waals surface area contributed by atoms with Gasteiger partial charge < -0.3 is 11.2 Å². The first kappa shape index (κ1) is 11.3. The van der Waals surface area contributed by atoms with Crippen molar-refractivity contribution < 1.29 is 0 Å². The Kier molecular flexibility index (Phi) is 3.75. The van der Waals surface area contributed by atoms with Crippen molar-refractivity contribution in [2.45, 2.75) is 25.3 Å². The topological polar surface area (TPSA) is 64.1 Å². The van der Waals surface area contributed by atoms with Crippen molar-refractivity contribution in [2.75, 3.05) is 5.43 Å². The highest BCUT2D eigenvalue weighted by Gasteiger charge is 2.17. The van der Waals surface area contributed by atoms with Crippen LogP contribution in [-0.4, -0.2) is 6.04 Å². The molecule has 4 heteroatoms. The molecule has 0 heterocycles. The average molecular weight is 214 g/mol. The van der Waals surface area contributed by atoms with Gasteiger partial charge in [-0.25, -0.2) is 0 Å². The number of hydrazine groups is 1. The first-order valence-electron chi connectivity index (χ1n) is 4.64. The van der Waals surface area contributed by atoms with Crippen LogP contribution in [0.2, 0.25) is 0 Å². The van der Waals surface area contributed by atoms with E-state index >= 15 is 0 Å². The molecule has 78 valence electrons. The van der Waals surface area contributed by atoms with Gasteiger partial charge in [-0.1, -0.05) is 12.1 Å². The van der Waals surface area contributed by atoms with Crippen molar-refractivity contribution in [3.63, 3.8) is 0 Å². The molecule has 0 fully saturated rings. The summed E-state index contributed by atoms with van der Waals surface area (Å²) in [6.07, 6.45) is 3.08. The second-order valence-electron chi connectivity index (χ2n) is 3.59. The van der Waals surface area contributed by atoms with E-state index in [4.69, 9.17) is 11.6 Å². The van der Waals surface area contributed by atoms with Gasteiger partial charge in [0.25, 0.3) is 0 Å². The lowest BCUT2D eigenvalue weighted by Crippen LogP contribution is -2.28. The lowest BCUT2D eigenvalue weighted by atomic mass is 9.88. The molecule has 1 aromatic rings. The molecular formula is C10H16ClN3. The largest absolute Gasteiger partial charge is 0.327 e. The Labute approximate surface area is 90.2 Å². The van der Waals surface area contributed by atoms with Gasteiger partial charge in [-0.2, -0.15) is 0 Å². The van der Waals surface area contributed by atoms with E-state index in [0.29, 0.717) is 6.04 Å². The molecule has 0 radical (unpaired) electrons. The quantitative estimate of drug-likeness (QED) is 0.486. The van der Waals surface area contributed by atoms with Crippen molar-refractivity contribution in [2.24, 2.45) is 11.6 Å². The Morgan fingerprint density at radius 1 is 1.36 bits per heavy atom. The fraction of sp³-hybridized carbons (Fsp3) is 0.400. The van der Waals surface area contributed by atoms with E-state index in [9.17, 15) is 0 Å². The van der Waals surface area contributed by atoms with Gasteiger partial charge >= 0.3 is 0 Å². The van der Waals surface area contributed by atoms with Crippen LogP contribution >= 0.6 is 12.4 Å². The zero-order valence-electron chi connectivity index (χ0n) is 7.99. The Balaban J connectivity index is 0.000000980. The molecule has 0 bridgehead atoms. The molecule has 0 spiro atoms. The number of anilines is 1. The summed E-state index contributed by atoms with van der Waals surface area (Å²) in [7, 11) is 0. The fourth-order valence-electron chi connectivity index (χ4n) is 1.97. The van der Waals surface area contributed by atoms with Gasteiger partial charge in [0, 0.05) is 6.04 Å². The summed E-state index contributed by atoms with van der Waals surface area (Å²) in [6, 6.07) is 6.48. The second kappa shape index (κ2) is 4.64. The van der Waals surface area contributed by atoms with E-state index in [2.05, 4.69) is 11.5 Å². The van der Waals surface area contributed by atoms with Crippen LogP contribution in [0, 0.1) is 0 Å². The van der Waals surface area contributed by atoms with Crippen LogP contribution in [0.25, 0.3) is 0 Å². The summed E-state index contributed by atoms with van der Waals surface area (Å²) in [5, 5.41) is 0. The van der Waals surface area contributed by atoms with Gasteiger partial charge in [-0.3, -0.25) is 5.84 Å². The summed E-state index contributed by atoms with van der Waals surface area (Å²) in [6.45, 7) is 0. The van der Waals surface area contributed by atoms with Crippen LogP contribution < -0.4 is 17.0 Å². The van der Waals surface area contributed by atoms with Gasteiger partial charge in [0.2, 0.25) is 0 Å². The SMILES string of the molecule is Cl.NNc1cccc2c1CCC(N)C2. The first-order chi connectivity index (χ1) is 6.31. The van der Waals surface area contributed by atoms with Gasteiger partial charge in [0.05, 0.1) is 5.69 Å². The van der Waals surface area contributed by atoms with Crippen LogP contribution in [-0.2, 0) is 12.8 Å². The fourth-order valence-corrected chi connectivity index (χ4v) is 1.97. The molecule has 1 aromatic carbocycles. The number of halogens is 1. The number of benzene rings is 1. The molecule has 5 N–H and O–H groups in total. The Morgan fingerprint density at radius 3 is 2.86 bits per heavy atom. The maximum atomic E-state index is 5.89. The number of rotatable bonds is 1. The second-order valence-corrected chi connectivity index (χ2v) is 3.59. The summed E-state index contributed by atoms with van der Waals surface area (Å²) in [4.78, 5) is 0. The highest BCUT2D eigenvalue weighted by molar-refractivity contribution is 5.85. The highest BCUT2D eigenvalue weighted by atomic mass is 35.5. The smallest absolute Gasteiger partial charge is 0.0519 e. The van der Waals surface area contributed by atoms with E-state index in [-0.39, 0.29) is 12.4 Å². The maximum absolute atomic E-state index is 5.89. The number of nitrogens with two attached hydrogens (primary N) is 2. The number of nitrogens with one attached hydrogen (secondary N) is 1. The normalized spacial score (nSPS) is 19.4. The molecular weight excluding hydrogens is 198 g/mol. The average Bonchev–Trinajstić information content (AvgIpc) is 2.16. The molecule has 1 aliphatic rings. The minimum absolute atomic E-state index is 0. The highest BCUT2D eigenvalue weighted by Crippen LogP contribution is 2.26. The van der Waals surface area contributed by atoms with Crippen LogP contribution in [0.15, 0.2) is 18.2 Å². The lowest BCUT2D eigenvalue weighted by molar-refractivity contribution is 0.577. The third-order valence-electron chi connectivity index (χ3n) is 2.68. The van der Waals surface area contributed by atoms with E-state index < -0.39 is 0 Å². The van der Waals surface area contributed by atoms with Gasteiger partial charge in [0.15, 0.2) is 0 Å². The van der Waals surface area contributed by atoms with Crippen LogP contribution in [0.4, 0.5) is 5.69 Å². The molecule has 0 aliphatic heterocycles. The zero-order valence-corrected chi connectivity index (χ0v) is 8.81. The Bertz CT molecular complexity index is 314. The third-order valence-corrected chi connectivity index (χ3v) is 2.68. The molecule has 1 unspecified atom stereocenters. The molecule has 0 amide bonds. The Morgan fingerprint density at radius 2 is 2.14 bits per heavy atom. The van der Waals surface area contributed by atoms with Gasteiger partial charge in [-0.05, 0) is 36.5 Å². The third kappa shape index (κ3) is 2.00. The van der Waals surface area contributed by atoms with Gasteiger partial charge in [-0.15, -0.1) is 12.4 Å². The molecule has 3 nitrogen and oxygen atoms in total. The number of hydrogen-bond acceptors (Lipinski definition) is 3. The number of nitrogen functional groups attached to an aromatic ring is 1.